The quantitative estimate of drug-likeness (QED) is 0.491. The van der Waals surface area contributed by atoms with Gasteiger partial charge in [-0.05, 0) is 37.6 Å². The Balaban J connectivity index is 1.63. The van der Waals surface area contributed by atoms with Crippen LogP contribution in [0.3, 0.4) is 0 Å². The van der Waals surface area contributed by atoms with Crippen molar-refractivity contribution in [1.82, 2.24) is 9.55 Å². The molecule has 0 saturated carbocycles. The molecule has 0 unspecified atom stereocenters. The Hall–Kier alpha value is -3.45. The number of nitrogens with zero attached hydrogens (tertiary/aromatic N) is 2. The number of thiophene rings is 1. The van der Waals surface area contributed by atoms with E-state index in [9.17, 15) is 9.59 Å². The minimum absolute atomic E-state index is 0.237. The van der Waals surface area contributed by atoms with Crippen molar-refractivity contribution < 1.29 is 9.53 Å². The van der Waals surface area contributed by atoms with Crippen LogP contribution >= 0.6 is 11.3 Å². The number of fused-ring (bicyclic) bond motifs is 1. The summed E-state index contributed by atoms with van der Waals surface area (Å²) in [6.45, 7) is 4.05. The summed E-state index contributed by atoms with van der Waals surface area (Å²) in [5.41, 5.74) is 1.36. The van der Waals surface area contributed by atoms with E-state index in [1.807, 2.05) is 55.5 Å². The Morgan fingerprint density at radius 3 is 2.67 bits per heavy atom. The Morgan fingerprint density at radius 1 is 1.17 bits per heavy atom. The van der Waals surface area contributed by atoms with E-state index in [0.29, 0.717) is 28.3 Å². The number of hydrogen-bond acceptors (Lipinski definition) is 5. The van der Waals surface area contributed by atoms with Crippen LogP contribution in [0.25, 0.3) is 20.7 Å². The number of benzene rings is 2. The minimum atomic E-state index is -0.732. The van der Waals surface area contributed by atoms with Gasteiger partial charge in [0.1, 0.15) is 16.6 Å². The van der Waals surface area contributed by atoms with E-state index in [1.165, 1.54) is 22.2 Å². The summed E-state index contributed by atoms with van der Waals surface area (Å²) in [7, 11) is 0. The van der Waals surface area contributed by atoms with Gasteiger partial charge in [0.25, 0.3) is 5.56 Å². The molecular formula is C23H21N3O3S. The molecule has 1 N–H and O–H groups in total. The molecule has 0 aliphatic carbocycles. The first-order valence-corrected chi connectivity index (χ1v) is 10.5. The molecule has 2 aromatic heterocycles. The summed E-state index contributed by atoms with van der Waals surface area (Å²) in [6.07, 6.45) is 1.44. The zero-order valence-corrected chi connectivity index (χ0v) is 17.5. The van der Waals surface area contributed by atoms with Crippen molar-refractivity contribution in [3.8, 4) is 16.2 Å². The molecule has 1 amide bonds. The first kappa shape index (κ1) is 19.8. The molecule has 2 heterocycles. The lowest BCUT2D eigenvalue weighted by Gasteiger charge is -2.16. The van der Waals surface area contributed by atoms with Gasteiger partial charge in [-0.3, -0.25) is 14.2 Å². The smallest absolute Gasteiger partial charge is 0.262 e. The van der Waals surface area contributed by atoms with Gasteiger partial charge in [-0.1, -0.05) is 42.5 Å². The van der Waals surface area contributed by atoms with Gasteiger partial charge in [0.05, 0.1) is 24.0 Å². The zero-order valence-electron chi connectivity index (χ0n) is 16.7. The van der Waals surface area contributed by atoms with Crippen LogP contribution in [-0.2, 0) is 4.79 Å². The van der Waals surface area contributed by atoms with E-state index in [0.717, 1.165) is 10.4 Å². The van der Waals surface area contributed by atoms with E-state index in [1.54, 1.807) is 19.1 Å². The van der Waals surface area contributed by atoms with Crippen LogP contribution in [0.4, 0.5) is 5.69 Å². The molecule has 1 atom stereocenters. The van der Waals surface area contributed by atoms with Crippen molar-refractivity contribution in [1.29, 1.82) is 0 Å². The maximum atomic E-state index is 13.1. The van der Waals surface area contributed by atoms with Gasteiger partial charge in [-0.25, -0.2) is 4.98 Å². The number of ether oxygens (including phenoxy) is 1. The fraction of sp³-hybridized carbons (Fsp3) is 0.174. The normalized spacial score (nSPS) is 11.9. The number of anilines is 1. The third-order valence-electron chi connectivity index (χ3n) is 4.78. The molecule has 4 rings (SSSR count). The van der Waals surface area contributed by atoms with Crippen molar-refractivity contribution in [2.45, 2.75) is 19.9 Å². The van der Waals surface area contributed by atoms with Gasteiger partial charge in [0.2, 0.25) is 5.91 Å². The van der Waals surface area contributed by atoms with Gasteiger partial charge < -0.3 is 10.1 Å². The topological polar surface area (TPSA) is 73.2 Å². The van der Waals surface area contributed by atoms with E-state index in [4.69, 9.17) is 4.74 Å². The molecule has 6 nitrogen and oxygen atoms in total. The Labute approximate surface area is 177 Å². The second-order valence-corrected chi connectivity index (χ2v) is 7.78. The van der Waals surface area contributed by atoms with Crippen molar-refractivity contribution in [2.24, 2.45) is 0 Å². The van der Waals surface area contributed by atoms with Gasteiger partial charge in [-0.2, -0.15) is 0 Å². The van der Waals surface area contributed by atoms with Crippen molar-refractivity contribution >= 4 is 33.1 Å². The van der Waals surface area contributed by atoms with Gasteiger partial charge in [-0.15, -0.1) is 11.3 Å². The van der Waals surface area contributed by atoms with E-state index < -0.39 is 6.04 Å². The Kier molecular flexibility index (Phi) is 5.63. The average molecular weight is 420 g/mol. The van der Waals surface area contributed by atoms with Crippen molar-refractivity contribution in [2.75, 3.05) is 11.9 Å². The van der Waals surface area contributed by atoms with Gasteiger partial charge in [0, 0.05) is 4.88 Å². The van der Waals surface area contributed by atoms with Crippen LogP contribution in [0.5, 0.6) is 5.75 Å². The van der Waals surface area contributed by atoms with Crippen molar-refractivity contribution in [3.63, 3.8) is 0 Å². The lowest BCUT2D eigenvalue weighted by atomic mass is 10.2. The summed E-state index contributed by atoms with van der Waals surface area (Å²) >= 11 is 1.46. The number of aromatic nitrogens is 2. The first-order valence-electron chi connectivity index (χ1n) is 9.67. The molecule has 0 radical (unpaired) electrons. The highest BCUT2D eigenvalue weighted by atomic mass is 32.1. The minimum Gasteiger partial charge on any atom is -0.492 e. The molecule has 0 fully saturated rings. The molecule has 0 bridgehead atoms. The first-order chi connectivity index (χ1) is 14.6. The second-order valence-electron chi connectivity index (χ2n) is 6.75. The largest absolute Gasteiger partial charge is 0.492 e. The number of amides is 1. The van der Waals surface area contributed by atoms with E-state index in [-0.39, 0.29) is 11.5 Å². The Morgan fingerprint density at radius 2 is 1.90 bits per heavy atom. The summed E-state index contributed by atoms with van der Waals surface area (Å²) in [4.78, 5) is 31.9. The zero-order chi connectivity index (χ0) is 21.1. The van der Waals surface area contributed by atoms with Crippen LogP contribution in [-0.4, -0.2) is 22.1 Å². The maximum Gasteiger partial charge on any atom is 0.262 e. The highest BCUT2D eigenvalue weighted by Crippen LogP contribution is 2.31. The average Bonchev–Trinajstić information content (AvgIpc) is 3.21. The second kappa shape index (κ2) is 8.51. The molecule has 2 aromatic carbocycles. The standard InChI is InChI=1S/C23H21N3O3S/c1-3-29-19-12-8-7-11-18(19)25-21(27)15(2)26-14-24-22-17(23(26)28)13-20(30-22)16-9-5-4-6-10-16/h4-15H,3H2,1-2H3,(H,25,27)/t15-/m0/s1. The fourth-order valence-electron chi connectivity index (χ4n) is 3.17. The highest BCUT2D eigenvalue weighted by molar-refractivity contribution is 7.21. The summed E-state index contributed by atoms with van der Waals surface area (Å²) in [5, 5.41) is 3.36. The number of para-hydroxylation sites is 2. The molecule has 0 aliphatic heterocycles. The van der Waals surface area contributed by atoms with Crippen LogP contribution in [0, 0.1) is 0 Å². The third-order valence-corrected chi connectivity index (χ3v) is 5.87. The number of nitrogens with one attached hydrogen (secondary N) is 1. The highest BCUT2D eigenvalue weighted by Gasteiger charge is 2.20. The summed E-state index contributed by atoms with van der Waals surface area (Å²) < 4.78 is 6.92. The molecule has 0 aliphatic rings. The molecule has 4 aromatic rings. The number of rotatable bonds is 6. The predicted octanol–water partition coefficient (Wildman–Crippen LogP) is 4.72. The summed E-state index contributed by atoms with van der Waals surface area (Å²) in [5.74, 6) is 0.274. The number of carbonyl (C=O) groups is 1. The number of hydrogen-bond donors (Lipinski definition) is 1. The molecule has 0 spiro atoms. The Bertz CT molecular complexity index is 1250. The SMILES string of the molecule is CCOc1ccccc1NC(=O)[C@H](C)n1cnc2sc(-c3ccccc3)cc2c1=O. The van der Waals surface area contributed by atoms with Gasteiger partial charge in [0.15, 0.2) is 0 Å². The molecule has 152 valence electrons. The molecular weight excluding hydrogens is 398 g/mol. The van der Waals surface area contributed by atoms with Crippen LogP contribution in [0.1, 0.15) is 19.9 Å². The molecule has 0 saturated heterocycles. The van der Waals surface area contributed by atoms with Gasteiger partial charge >= 0.3 is 0 Å². The number of carbonyl (C=O) groups excluding carboxylic acids is 1. The predicted molar refractivity (Wildman–Crippen MR) is 120 cm³/mol. The third kappa shape index (κ3) is 3.84. The molecule has 7 heteroatoms. The van der Waals surface area contributed by atoms with Crippen LogP contribution < -0.4 is 15.6 Å². The van der Waals surface area contributed by atoms with Crippen molar-refractivity contribution in [3.05, 3.63) is 77.3 Å². The van der Waals surface area contributed by atoms with E-state index in [2.05, 4.69) is 10.3 Å². The van der Waals surface area contributed by atoms with Crippen LogP contribution in [0.15, 0.2) is 71.8 Å². The fourth-order valence-corrected chi connectivity index (χ4v) is 4.17. The monoisotopic (exact) mass is 419 g/mol. The lowest BCUT2D eigenvalue weighted by molar-refractivity contribution is -0.118. The molecule has 30 heavy (non-hydrogen) atoms. The van der Waals surface area contributed by atoms with E-state index >= 15 is 0 Å². The maximum absolute atomic E-state index is 13.1. The summed E-state index contributed by atoms with van der Waals surface area (Å²) in [6, 6.07) is 18.2. The van der Waals surface area contributed by atoms with Crippen LogP contribution in [0.2, 0.25) is 0 Å². The lowest BCUT2D eigenvalue weighted by Crippen LogP contribution is -2.31.